The lowest BCUT2D eigenvalue weighted by atomic mass is 9.62. The highest BCUT2D eigenvalue weighted by Crippen LogP contribution is 2.62. The van der Waals surface area contributed by atoms with E-state index >= 15 is 4.79 Å². The van der Waals surface area contributed by atoms with Crippen LogP contribution in [0.5, 0.6) is 0 Å². The fraction of sp³-hybridized carbons (Fsp3) is 0.216. The summed E-state index contributed by atoms with van der Waals surface area (Å²) in [6.07, 6.45) is 4.68. The second kappa shape index (κ2) is 10.8. The fourth-order valence-electron chi connectivity index (χ4n) is 7.47. The molecule has 44 heavy (non-hydrogen) atoms. The van der Waals surface area contributed by atoms with Crippen molar-refractivity contribution in [1.29, 1.82) is 0 Å². The standard InChI is InChI=1S/C37H30Cl2N2O3/c1-21(2)19-22-11-13-24(14-12-22)33(42)31-32(34(43)27-16-15-25(38)20-29(27)39)41-18-17-23-7-3-4-8-26(23)35(41)37(31)28-9-5-6-10-30(28)40-36(37)44/h3-18,20-21,31-32,35H,19H2,1-2H3,(H,40,44)/t31-,32+,35-,37-/m0/s1. The number of carbonyl (C=O) groups is 3. The van der Waals surface area contributed by atoms with E-state index in [1.807, 2.05) is 90.0 Å². The molecule has 4 atom stereocenters. The first-order valence-corrected chi connectivity index (χ1v) is 15.6. The number of fused-ring (bicyclic) bond motifs is 6. The van der Waals surface area contributed by atoms with Gasteiger partial charge in [0.2, 0.25) is 5.91 Å². The number of benzene rings is 4. The molecule has 1 fully saturated rings. The molecule has 0 unspecified atom stereocenters. The van der Waals surface area contributed by atoms with Crippen LogP contribution < -0.4 is 5.32 Å². The minimum Gasteiger partial charge on any atom is -0.358 e. The summed E-state index contributed by atoms with van der Waals surface area (Å²) in [7, 11) is 0. The number of nitrogens with one attached hydrogen (secondary N) is 1. The molecule has 220 valence electrons. The number of para-hydroxylation sites is 1. The topological polar surface area (TPSA) is 66.5 Å². The zero-order valence-corrected chi connectivity index (χ0v) is 25.8. The summed E-state index contributed by atoms with van der Waals surface area (Å²) in [6.45, 7) is 4.30. The van der Waals surface area contributed by atoms with Crippen LogP contribution in [0.25, 0.3) is 6.08 Å². The number of carbonyl (C=O) groups excluding carboxylic acids is 3. The van der Waals surface area contributed by atoms with Crippen molar-refractivity contribution in [2.24, 2.45) is 11.8 Å². The van der Waals surface area contributed by atoms with Crippen LogP contribution in [0.15, 0.2) is 97.2 Å². The van der Waals surface area contributed by atoms with Gasteiger partial charge in [0.25, 0.3) is 0 Å². The van der Waals surface area contributed by atoms with Gasteiger partial charge in [0, 0.05) is 28.0 Å². The average molecular weight is 622 g/mol. The molecule has 4 aromatic rings. The second-order valence-corrected chi connectivity index (χ2v) is 13.1. The lowest BCUT2D eigenvalue weighted by molar-refractivity contribution is -0.122. The largest absolute Gasteiger partial charge is 0.358 e. The van der Waals surface area contributed by atoms with Crippen molar-refractivity contribution in [3.8, 4) is 0 Å². The number of halogens is 2. The fourth-order valence-corrected chi connectivity index (χ4v) is 7.97. The Morgan fingerprint density at radius 1 is 0.909 bits per heavy atom. The molecule has 1 N–H and O–H groups in total. The van der Waals surface area contributed by atoms with Crippen molar-refractivity contribution in [1.82, 2.24) is 4.90 Å². The number of rotatable bonds is 6. The van der Waals surface area contributed by atoms with E-state index in [0.29, 0.717) is 27.8 Å². The maximum atomic E-state index is 15.0. The Morgan fingerprint density at radius 2 is 1.64 bits per heavy atom. The highest BCUT2D eigenvalue weighted by Gasteiger charge is 2.70. The van der Waals surface area contributed by atoms with E-state index in [-0.39, 0.29) is 28.1 Å². The monoisotopic (exact) mass is 620 g/mol. The third-order valence-corrected chi connectivity index (χ3v) is 9.75. The molecule has 7 rings (SSSR count). The first kappa shape index (κ1) is 28.6. The van der Waals surface area contributed by atoms with Gasteiger partial charge in [-0.15, -0.1) is 0 Å². The van der Waals surface area contributed by atoms with E-state index in [1.54, 1.807) is 12.1 Å². The second-order valence-electron chi connectivity index (χ2n) is 12.2. The van der Waals surface area contributed by atoms with Gasteiger partial charge in [0.15, 0.2) is 11.6 Å². The third-order valence-electron chi connectivity index (χ3n) is 9.20. The number of nitrogens with zero attached hydrogens (tertiary/aromatic N) is 1. The minimum absolute atomic E-state index is 0.196. The number of Topliss-reactive ketones (excluding diaryl/α,β-unsaturated/α-hetero) is 2. The number of amides is 1. The molecule has 1 saturated heterocycles. The molecule has 3 aliphatic rings. The smallest absolute Gasteiger partial charge is 0.238 e. The van der Waals surface area contributed by atoms with E-state index < -0.39 is 23.4 Å². The summed E-state index contributed by atoms with van der Waals surface area (Å²) >= 11 is 12.8. The predicted molar refractivity (Wildman–Crippen MR) is 174 cm³/mol. The van der Waals surface area contributed by atoms with E-state index in [9.17, 15) is 9.59 Å². The molecule has 0 aromatic heterocycles. The molecule has 1 amide bonds. The van der Waals surface area contributed by atoms with Gasteiger partial charge in [-0.3, -0.25) is 14.4 Å². The Labute approximate surface area is 266 Å². The van der Waals surface area contributed by atoms with E-state index in [4.69, 9.17) is 23.2 Å². The van der Waals surface area contributed by atoms with Crippen LogP contribution in [0.4, 0.5) is 5.69 Å². The molecule has 1 spiro atoms. The summed E-state index contributed by atoms with van der Waals surface area (Å²) in [5, 5.41) is 3.68. The van der Waals surface area contributed by atoms with Crippen LogP contribution in [-0.2, 0) is 16.6 Å². The highest BCUT2D eigenvalue weighted by atomic mass is 35.5. The van der Waals surface area contributed by atoms with Gasteiger partial charge in [-0.2, -0.15) is 0 Å². The summed E-state index contributed by atoms with van der Waals surface area (Å²) in [5.41, 5.74) is 3.60. The van der Waals surface area contributed by atoms with Gasteiger partial charge in [-0.25, -0.2) is 0 Å². The lowest BCUT2D eigenvalue weighted by Crippen LogP contribution is -2.49. The van der Waals surface area contributed by atoms with Crippen LogP contribution in [0, 0.1) is 11.8 Å². The first-order valence-electron chi connectivity index (χ1n) is 14.8. The van der Waals surface area contributed by atoms with E-state index in [1.165, 1.54) is 6.07 Å². The van der Waals surface area contributed by atoms with Gasteiger partial charge in [0.1, 0.15) is 11.5 Å². The minimum atomic E-state index is -1.40. The summed E-state index contributed by atoms with van der Waals surface area (Å²) in [6, 6.07) is 26.0. The van der Waals surface area contributed by atoms with Crippen LogP contribution in [0.3, 0.4) is 0 Å². The molecule has 0 saturated carbocycles. The van der Waals surface area contributed by atoms with Crippen LogP contribution in [0.1, 0.15) is 62.9 Å². The number of ketones is 2. The van der Waals surface area contributed by atoms with Crippen molar-refractivity contribution >= 4 is 52.4 Å². The molecule has 0 radical (unpaired) electrons. The Hall–Kier alpha value is -4.19. The normalized spacial score (nSPS) is 23.0. The Morgan fingerprint density at radius 3 is 2.39 bits per heavy atom. The number of anilines is 1. The molecule has 0 aliphatic carbocycles. The zero-order chi connectivity index (χ0) is 30.7. The van der Waals surface area contributed by atoms with Crippen molar-refractivity contribution < 1.29 is 14.4 Å². The van der Waals surface area contributed by atoms with E-state index in [0.717, 1.165) is 23.1 Å². The van der Waals surface area contributed by atoms with Gasteiger partial charge in [0.05, 0.1) is 17.0 Å². The summed E-state index contributed by atoms with van der Waals surface area (Å²) < 4.78 is 0. The quantitative estimate of drug-likeness (QED) is 0.221. The van der Waals surface area contributed by atoms with Gasteiger partial charge in [-0.05, 0) is 64.9 Å². The average Bonchev–Trinajstić information content (AvgIpc) is 3.49. The van der Waals surface area contributed by atoms with Crippen LogP contribution >= 0.6 is 23.2 Å². The molecule has 3 aliphatic heterocycles. The van der Waals surface area contributed by atoms with Crippen LogP contribution in [-0.4, -0.2) is 28.4 Å². The lowest BCUT2D eigenvalue weighted by Gasteiger charge is -2.38. The van der Waals surface area contributed by atoms with Crippen molar-refractivity contribution in [3.05, 3.63) is 141 Å². The van der Waals surface area contributed by atoms with Crippen molar-refractivity contribution in [2.45, 2.75) is 37.8 Å². The Balaban J connectivity index is 1.49. The molecule has 4 aromatic carbocycles. The highest BCUT2D eigenvalue weighted by molar-refractivity contribution is 6.37. The van der Waals surface area contributed by atoms with Gasteiger partial charge >= 0.3 is 0 Å². The molecule has 5 nitrogen and oxygen atoms in total. The number of hydrogen-bond acceptors (Lipinski definition) is 4. The molecule has 7 heteroatoms. The van der Waals surface area contributed by atoms with Crippen molar-refractivity contribution in [2.75, 3.05) is 5.32 Å². The molecular formula is C37H30Cl2N2O3. The van der Waals surface area contributed by atoms with Crippen molar-refractivity contribution in [3.63, 3.8) is 0 Å². The first-order chi connectivity index (χ1) is 21.2. The third kappa shape index (κ3) is 4.25. The summed E-state index contributed by atoms with van der Waals surface area (Å²) in [5.74, 6) is -1.52. The van der Waals surface area contributed by atoms with Gasteiger partial charge in [-0.1, -0.05) is 104 Å². The molecule has 0 bridgehead atoms. The maximum Gasteiger partial charge on any atom is 0.238 e. The SMILES string of the molecule is CC(C)Cc1ccc(C(=O)[C@@H]2[C@H](C(=O)c3ccc(Cl)cc3Cl)N3C=Cc4ccccc4[C@H]3[C@@]23C(=O)Nc2ccccc23)cc1. The predicted octanol–water partition coefficient (Wildman–Crippen LogP) is 8.17. The summed E-state index contributed by atoms with van der Waals surface area (Å²) in [4.78, 5) is 46.2. The van der Waals surface area contributed by atoms with Gasteiger partial charge < -0.3 is 10.2 Å². The molecule has 3 heterocycles. The Kier molecular flexibility index (Phi) is 6.99. The van der Waals surface area contributed by atoms with E-state index in [2.05, 4.69) is 19.2 Å². The molecular weight excluding hydrogens is 591 g/mol. The maximum absolute atomic E-state index is 15.0. The Bertz CT molecular complexity index is 1870. The van der Waals surface area contributed by atoms with Crippen LogP contribution in [0.2, 0.25) is 10.0 Å². The number of hydrogen-bond donors (Lipinski definition) is 1. The zero-order valence-electron chi connectivity index (χ0n) is 24.3.